The van der Waals surface area contributed by atoms with Crippen molar-refractivity contribution in [3.8, 4) is 0 Å². The van der Waals surface area contributed by atoms with Gasteiger partial charge in [-0.2, -0.15) is 0 Å². The number of carbonyl (C=O) groups excluding carboxylic acids is 1. The lowest BCUT2D eigenvalue weighted by Gasteiger charge is -2.20. The summed E-state index contributed by atoms with van der Waals surface area (Å²) in [6.45, 7) is 2.33. The summed E-state index contributed by atoms with van der Waals surface area (Å²) in [7, 11) is 0. The van der Waals surface area contributed by atoms with E-state index in [1.54, 1.807) is 23.4 Å². The fourth-order valence-electron chi connectivity index (χ4n) is 2.81. The van der Waals surface area contributed by atoms with Gasteiger partial charge in [0.1, 0.15) is 5.82 Å². The van der Waals surface area contributed by atoms with Gasteiger partial charge in [-0.15, -0.1) is 0 Å². The molecule has 4 aromatic rings. The van der Waals surface area contributed by atoms with Crippen LogP contribution in [-0.2, 0) is 6.54 Å². The van der Waals surface area contributed by atoms with E-state index in [0.29, 0.717) is 11.7 Å². The van der Waals surface area contributed by atoms with E-state index in [1.807, 2.05) is 37.3 Å². The molecule has 0 saturated heterocycles. The summed E-state index contributed by atoms with van der Waals surface area (Å²) in [5.41, 5.74) is 3.13. The maximum Gasteiger partial charge on any atom is 0.260 e. The first-order valence-electron chi connectivity index (χ1n) is 8.44. The first-order chi connectivity index (χ1) is 13.1. The maximum atomic E-state index is 13.6. The van der Waals surface area contributed by atoms with Crippen LogP contribution in [0.25, 0.3) is 10.2 Å². The van der Waals surface area contributed by atoms with E-state index in [0.717, 1.165) is 21.3 Å². The fraction of sp³-hybridized carbons (Fsp3) is 0.0952. The Labute approximate surface area is 159 Å². The van der Waals surface area contributed by atoms with Crippen molar-refractivity contribution >= 4 is 32.6 Å². The lowest BCUT2D eigenvalue weighted by molar-refractivity contribution is 0.0984. The fourth-order valence-corrected chi connectivity index (χ4v) is 3.87. The monoisotopic (exact) mass is 377 g/mol. The topological polar surface area (TPSA) is 46.1 Å². The number of aromatic nitrogens is 2. The molecule has 0 radical (unpaired) electrons. The average Bonchev–Trinajstić information content (AvgIpc) is 3.09. The molecule has 0 aliphatic rings. The van der Waals surface area contributed by atoms with Crippen molar-refractivity contribution in [2.45, 2.75) is 13.5 Å². The highest BCUT2D eigenvalue weighted by molar-refractivity contribution is 7.22. The number of carbonyl (C=O) groups is 1. The molecule has 4 rings (SSSR count). The molecule has 0 bridgehead atoms. The molecule has 2 aromatic heterocycles. The molecule has 2 aromatic carbocycles. The molecule has 0 fully saturated rings. The van der Waals surface area contributed by atoms with Gasteiger partial charge in [0.15, 0.2) is 5.13 Å². The molecule has 0 N–H and O–H groups in total. The van der Waals surface area contributed by atoms with Crippen LogP contribution in [0.1, 0.15) is 21.5 Å². The van der Waals surface area contributed by atoms with Crippen molar-refractivity contribution in [1.82, 2.24) is 9.97 Å². The van der Waals surface area contributed by atoms with Gasteiger partial charge in [0.05, 0.1) is 16.8 Å². The van der Waals surface area contributed by atoms with Gasteiger partial charge in [-0.05, 0) is 54.4 Å². The van der Waals surface area contributed by atoms with E-state index in [9.17, 15) is 9.18 Å². The van der Waals surface area contributed by atoms with Gasteiger partial charge < -0.3 is 0 Å². The van der Waals surface area contributed by atoms with Crippen LogP contribution in [0, 0.1) is 12.7 Å². The lowest BCUT2D eigenvalue weighted by Crippen LogP contribution is -2.30. The Kier molecular flexibility index (Phi) is 4.64. The number of pyridine rings is 1. The second-order valence-corrected chi connectivity index (χ2v) is 7.24. The third-order valence-electron chi connectivity index (χ3n) is 4.14. The van der Waals surface area contributed by atoms with E-state index in [4.69, 9.17) is 0 Å². The van der Waals surface area contributed by atoms with Gasteiger partial charge in [-0.1, -0.05) is 29.5 Å². The highest BCUT2D eigenvalue weighted by atomic mass is 32.1. The van der Waals surface area contributed by atoms with Crippen molar-refractivity contribution in [2.75, 3.05) is 4.90 Å². The molecule has 0 unspecified atom stereocenters. The number of amides is 1. The van der Waals surface area contributed by atoms with Crippen molar-refractivity contribution in [2.24, 2.45) is 0 Å². The van der Waals surface area contributed by atoms with Crippen molar-refractivity contribution in [3.63, 3.8) is 0 Å². The highest BCUT2D eigenvalue weighted by Gasteiger charge is 2.22. The SMILES string of the molecule is Cc1ccc2nc(N(Cc3cccnc3)C(=O)c3cccc(F)c3)sc2c1. The summed E-state index contributed by atoms with van der Waals surface area (Å²) < 4.78 is 14.6. The number of thiazole rings is 1. The molecular weight excluding hydrogens is 361 g/mol. The zero-order valence-electron chi connectivity index (χ0n) is 14.6. The number of halogens is 1. The minimum atomic E-state index is -0.442. The summed E-state index contributed by atoms with van der Waals surface area (Å²) in [4.78, 5) is 23.5. The van der Waals surface area contributed by atoms with E-state index in [1.165, 1.54) is 29.5 Å². The zero-order valence-corrected chi connectivity index (χ0v) is 15.4. The lowest BCUT2D eigenvalue weighted by atomic mass is 10.2. The molecule has 1 amide bonds. The molecule has 0 saturated carbocycles. The molecule has 4 nitrogen and oxygen atoms in total. The van der Waals surface area contributed by atoms with Crippen LogP contribution in [0.4, 0.5) is 9.52 Å². The van der Waals surface area contributed by atoms with Crippen molar-refractivity contribution in [3.05, 3.63) is 89.5 Å². The predicted molar refractivity (Wildman–Crippen MR) is 106 cm³/mol. The average molecular weight is 377 g/mol. The molecule has 0 atom stereocenters. The number of fused-ring (bicyclic) bond motifs is 1. The van der Waals surface area contributed by atoms with Crippen LogP contribution >= 0.6 is 11.3 Å². The van der Waals surface area contributed by atoms with Gasteiger partial charge in [-0.25, -0.2) is 9.37 Å². The van der Waals surface area contributed by atoms with Crippen LogP contribution in [0.15, 0.2) is 67.0 Å². The Morgan fingerprint density at radius 3 is 2.81 bits per heavy atom. The number of hydrogen-bond donors (Lipinski definition) is 0. The van der Waals surface area contributed by atoms with Gasteiger partial charge in [-0.3, -0.25) is 14.7 Å². The number of rotatable bonds is 4. The Balaban J connectivity index is 1.77. The van der Waals surface area contributed by atoms with E-state index in [2.05, 4.69) is 9.97 Å². The molecule has 2 heterocycles. The van der Waals surface area contributed by atoms with Crippen LogP contribution in [0.3, 0.4) is 0 Å². The van der Waals surface area contributed by atoms with Gasteiger partial charge in [0.25, 0.3) is 5.91 Å². The number of nitrogens with zero attached hydrogens (tertiary/aromatic N) is 3. The Bertz CT molecular complexity index is 1110. The molecule has 0 aliphatic heterocycles. The highest BCUT2D eigenvalue weighted by Crippen LogP contribution is 2.31. The number of benzene rings is 2. The molecular formula is C21H16FN3OS. The first-order valence-corrected chi connectivity index (χ1v) is 9.25. The van der Waals surface area contributed by atoms with E-state index < -0.39 is 5.82 Å². The molecule has 0 spiro atoms. The molecule has 6 heteroatoms. The summed E-state index contributed by atoms with van der Waals surface area (Å²) in [5.74, 6) is -0.740. The summed E-state index contributed by atoms with van der Waals surface area (Å²) in [6, 6.07) is 15.4. The van der Waals surface area contributed by atoms with E-state index in [-0.39, 0.29) is 11.5 Å². The molecule has 27 heavy (non-hydrogen) atoms. The summed E-state index contributed by atoms with van der Waals surface area (Å²) in [5, 5.41) is 0.578. The summed E-state index contributed by atoms with van der Waals surface area (Å²) in [6.07, 6.45) is 3.39. The minimum absolute atomic E-state index is 0.286. The van der Waals surface area contributed by atoms with Crippen molar-refractivity contribution in [1.29, 1.82) is 0 Å². The third kappa shape index (κ3) is 3.71. The second kappa shape index (κ2) is 7.25. The predicted octanol–water partition coefficient (Wildman–Crippen LogP) is 4.99. The van der Waals surface area contributed by atoms with Crippen LogP contribution in [0.5, 0.6) is 0 Å². The maximum absolute atomic E-state index is 13.6. The third-order valence-corrected chi connectivity index (χ3v) is 5.18. The molecule has 134 valence electrons. The zero-order chi connectivity index (χ0) is 18.8. The molecule has 0 aliphatic carbocycles. The Hall–Kier alpha value is -3.12. The van der Waals surface area contributed by atoms with E-state index >= 15 is 0 Å². The largest absolute Gasteiger partial charge is 0.279 e. The quantitative estimate of drug-likeness (QED) is 0.504. The van der Waals surface area contributed by atoms with Crippen LogP contribution in [-0.4, -0.2) is 15.9 Å². The van der Waals surface area contributed by atoms with Gasteiger partial charge >= 0.3 is 0 Å². The van der Waals surface area contributed by atoms with Crippen molar-refractivity contribution < 1.29 is 9.18 Å². The van der Waals surface area contributed by atoms with Crippen LogP contribution < -0.4 is 4.90 Å². The van der Waals surface area contributed by atoms with Gasteiger partial charge in [0, 0.05) is 18.0 Å². The normalized spacial score (nSPS) is 10.9. The summed E-state index contributed by atoms with van der Waals surface area (Å²) >= 11 is 1.45. The first kappa shape index (κ1) is 17.3. The Morgan fingerprint density at radius 1 is 1.15 bits per heavy atom. The minimum Gasteiger partial charge on any atom is -0.279 e. The van der Waals surface area contributed by atoms with Gasteiger partial charge in [0.2, 0.25) is 0 Å². The van der Waals surface area contributed by atoms with Crippen LogP contribution in [0.2, 0.25) is 0 Å². The second-order valence-electron chi connectivity index (χ2n) is 6.23. The smallest absolute Gasteiger partial charge is 0.260 e. The number of anilines is 1. The number of hydrogen-bond acceptors (Lipinski definition) is 4. The Morgan fingerprint density at radius 2 is 2.04 bits per heavy atom. The number of aryl methyl sites for hydroxylation is 1. The standard InChI is InChI=1S/C21H16FN3OS/c1-14-7-8-18-19(10-14)27-21(24-18)25(13-15-4-3-9-23-12-15)20(26)16-5-2-6-17(22)11-16/h2-12H,13H2,1H3.